The van der Waals surface area contributed by atoms with Gasteiger partial charge in [-0.25, -0.2) is 0 Å². The van der Waals surface area contributed by atoms with E-state index in [9.17, 15) is 0 Å². The van der Waals surface area contributed by atoms with Crippen LogP contribution in [0.15, 0.2) is 0 Å². The Morgan fingerprint density at radius 2 is 1.88 bits per heavy atom. The highest BCUT2D eigenvalue weighted by atomic mass is 32.2. The molecule has 16 heavy (non-hydrogen) atoms. The smallest absolute Gasteiger partial charge is 0.0469 e. The first kappa shape index (κ1) is 13.1. The van der Waals surface area contributed by atoms with E-state index in [0.29, 0.717) is 6.04 Å². The second-order valence-electron chi connectivity index (χ2n) is 4.68. The minimum atomic E-state index is 0.677. The molecule has 3 unspecified atom stereocenters. The fraction of sp³-hybridized carbons (Fsp3) is 1.00. The predicted octanol–water partition coefficient (Wildman–Crippen LogP) is 2.24. The molecule has 2 aliphatic rings. The number of thioether (sulfide) groups is 2. The van der Waals surface area contributed by atoms with E-state index >= 15 is 0 Å². The molecule has 1 N–H and O–H groups in total. The molecule has 3 atom stereocenters. The van der Waals surface area contributed by atoms with Gasteiger partial charge in [0.25, 0.3) is 0 Å². The van der Waals surface area contributed by atoms with E-state index in [1.54, 1.807) is 0 Å². The monoisotopic (exact) mass is 261 g/mol. The van der Waals surface area contributed by atoms with Crippen molar-refractivity contribution in [1.29, 1.82) is 0 Å². The minimum absolute atomic E-state index is 0.677. The molecule has 0 aromatic heterocycles. The molecular formula is C12H23NOS2. The first-order chi connectivity index (χ1) is 7.83. The van der Waals surface area contributed by atoms with Gasteiger partial charge in [0.2, 0.25) is 0 Å². The van der Waals surface area contributed by atoms with E-state index in [1.807, 2.05) is 0 Å². The Hall–Kier alpha value is 0.620. The standard InChI is InChI=1S/C12H23NOS2/c1-9-12(16-8-7-15-9)11(13-2)10-3-5-14-6-4-10/h9-13H,3-8H2,1-2H3. The Bertz CT molecular complexity index is 209. The third-order valence-electron chi connectivity index (χ3n) is 3.70. The van der Waals surface area contributed by atoms with Gasteiger partial charge in [0.1, 0.15) is 0 Å². The first-order valence-corrected chi connectivity index (χ1v) is 8.41. The SMILES string of the molecule is CNC(C1CCOCC1)C1SCCSC1C. The molecule has 94 valence electrons. The summed E-state index contributed by atoms with van der Waals surface area (Å²) in [6, 6.07) is 0.677. The summed E-state index contributed by atoms with van der Waals surface area (Å²) in [7, 11) is 2.13. The normalized spacial score (nSPS) is 34.9. The molecule has 0 spiro atoms. The van der Waals surface area contributed by atoms with Gasteiger partial charge < -0.3 is 10.1 Å². The molecule has 0 aliphatic carbocycles. The fourth-order valence-corrected chi connectivity index (χ4v) is 5.87. The quantitative estimate of drug-likeness (QED) is 0.841. The van der Waals surface area contributed by atoms with Crippen molar-refractivity contribution in [2.45, 2.75) is 36.3 Å². The van der Waals surface area contributed by atoms with Gasteiger partial charge in [-0.2, -0.15) is 23.5 Å². The third kappa shape index (κ3) is 3.09. The van der Waals surface area contributed by atoms with Crippen molar-refractivity contribution >= 4 is 23.5 Å². The lowest BCUT2D eigenvalue weighted by Crippen LogP contribution is -2.48. The minimum Gasteiger partial charge on any atom is -0.381 e. The van der Waals surface area contributed by atoms with Crippen LogP contribution in [0.4, 0.5) is 0 Å². The van der Waals surface area contributed by atoms with Crippen LogP contribution in [0, 0.1) is 5.92 Å². The van der Waals surface area contributed by atoms with Crippen molar-refractivity contribution in [3.63, 3.8) is 0 Å². The molecule has 2 nitrogen and oxygen atoms in total. The highest BCUT2D eigenvalue weighted by Gasteiger charge is 2.34. The van der Waals surface area contributed by atoms with Crippen molar-refractivity contribution in [2.24, 2.45) is 5.92 Å². The number of nitrogens with one attached hydrogen (secondary N) is 1. The second-order valence-corrected chi connectivity index (χ2v) is 7.45. The average molecular weight is 261 g/mol. The van der Waals surface area contributed by atoms with Crippen LogP contribution in [-0.2, 0) is 4.74 Å². The zero-order valence-electron chi connectivity index (χ0n) is 10.3. The molecule has 0 bridgehead atoms. The van der Waals surface area contributed by atoms with Crippen LogP contribution in [0.25, 0.3) is 0 Å². The van der Waals surface area contributed by atoms with Crippen LogP contribution in [0.3, 0.4) is 0 Å². The molecule has 2 aliphatic heterocycles. The molecule has 2 saturated heterocycles. The zero-order chi connectivity index (χ0) is 11.4. The zero-order valence-corrected chi connectivity index (χ0v) is 11.9. The molecule has 2 fully saturated rings. The van der Waals surface area contributed by atoms with E-state index in [2.05, 4.69) is 42.8 Å². The molecule has 0 aromatic rings. The Labute approximate surface area is 108 Å². The Morgan fingerprint density at radius 1 is 1.19 bits per heavy atom. The highest BCUT2D eigenvalue weighted by molar-refractivity contribution is 8.07. The van der Waals surface area contributed by atoms with Gasteiger partial charge in [-0.3, -0.25) is 0 Å². The summed E-state index contributed by atoms with van der Waals surface area (Å²) >= 11 is 4.32. The maximum absolute atomic E-state index is 5.47. The predicted molar refractivity (Wildman–Crippen MR) is 74.6 cm³/mol. The van der Waals surface area contributed by atoms with Crippen molar-refractivity contribution in [3.8, 4) is 0 Å². The largest absolute Gasteiger partial charge is 0.381 e. The first-order valence-electron chi connectivity index (χ1n) is 6.31. The average Bonchev–Trinajstić information content (AvgIpc) is 2.34. The number of rotatable bonds is 3. The van der Waals surface area contributed by atoms with Crippen LogP contribution in [0.5, 0.6) is 0 Å². The molecule has 4 heteroatoms. The van der Waals surface area contributed by atoms with Crippen LogP contribution in [-0.4, -0.2) is 48.3 Å². The van der Waals surface area contributed by atoms with E-state index in [0.717, 1.165) is 29.6 Å². The summed E-state index contributed by atoms with van der Waals surface area (Å²) in [6.07, 6.45) is 2.47. The molecule has 2 rings (SSSR count). The second kappa shape index (κ2) is 6.53. The van der Waals surface area contributed by atoms with Crippen molar-refractivity contribution in [2.75, 3.05) is 31.8 Å². The fourth-order valence-electron chi connectivity index (χ4n) is 2.79. The Kier molecular flexibility index (Phi) is 5.33. The van der Waals surface area contributed by atoms with Gasteiger partial charge in [0, 0.05) is 41.3 Å². The van der Waals surface area contributed by atoms with Crippen LogP contribution < -0.4 is 5.32 Å². The maximum Gasteiger partial charge on any atom is 0.0469 e. The lowest BCUT2D eigenvalue weighted by atomic mass is 9.88. The van der Waals surface area contributed by atoms with Crippen LogP contribution in [0.2, 0.25) is 0 Å². The Balaban J connectivity index is 1.96. The summed E-state index contributed by atoms with van der Waals surface area (Å²) in [5, 5.41) is 5.16. The number of ether oxygens (including phenoxy) is 1. The summed E-state index contributed by atoms with van der Waals surface area (Å²) < 4.78 is 5.47. The molecule has 0 radical (unpaired) electrons. The number of hydrogen-bond acceptors (Lipinski definition) is 4. The van der Waals surface area contributed by atoms with Gasteiger partial charge in [-0.1, -0.05) is 6.92 Å². The summed E-state index contributed by atoms with van der Waals surface area (Å²) in [6.45, 7) is 4.31. The molecule has 0 aromatic carbocycles. The molecule has 2 heterocycles. The molecule has 0 saturated carbocycles. The number of hydrogen-bond donors (Lipinski definition) is 1. The van der Waals surface area contributed by atoms with E-state index in [-0.39, 0.29) is 0 Å². The van der Waals surface area contributed by atoms with Gasteiger partial charge in [0.15, 0.2) is 0 Å². The third-order valence-corrected chi connectivity index (χ3v) is 6.91. The lowest BCUT2D eigenvalue weighted by Gasteiger charge is -2.40. The lowest BCUT2D eigenvalue weighted by molar-refractivity contribution is 0.0544. The summed E-state index contributed by atoms with van der Waals surface area (Å²) in [4.78, 5) is 0. The van der Waals surface area contributed by atoms with Gasteiger partial charge in [-0.05, 0) is 25.8 Å². The van der Waals surface area contributed by atoms with Crippen molar-refractivity contribution < 1.29 is 4.74 Å². The van der Waals surface area contributed by atoms with Crippen LogP contribution in [0.1, 0.15) is 19.8 Å². The topological polar surface area (TPSA) is 21.3 Å². The van der Waals surface area contributed by atoms with Gasteiger partial charge in [-0.15, -0.1) is 0 Å². The van der Waals surface area contributed by atoms with Gasteiger partial charge in [0.05, 0.1) is 0 Å². The Morgan fingerprint density at radius 3 is 2.50 bits per heavy atom. The highest BCUT2D eigenvalue weighted by Crippen LogP contribution is 2.36. The van der Waals surface area contributed by atoms with E-state index in [1.165, 1.54) is 24.3 Å². The summed E-state index contributed by atoms with van der Waals surface area (Å²) in [5.41, 5.74) is 0. The molecular weight excluding hydrogens is 238 g/mol. The van der Waals surface area contributed by atoms with E-state index in [4.69, 9.17) is 4.74 Å². The molecule has 0 amide bonds. The van der Waals surface area contributed by atoms with Gasteiger partial charge >= 0.3 is 0 Å². The van der Waals surface area contributed by atoms with Crippen molar-refractivity contribution in [3.05, 3.63) is 0 Å². The maximum atomic E-state index is 5.47. The van der Waals surface area contributed by atoms with E-state index < -0.39 is 0 Å². The summed E-state index contributed by atoms with van der Waals surface area (Å²) in [5.74, 6) is 3.46. The van der Waals surface area contributed by atoms with Crippen LogP contribution >= 0.6 is 23.5 Å². The van der Waals surface area contributed by atoms with Crippen molar-refractivity contribution in [1.82, 2.24) is 5.32 Å².